The van der Waals surface area contributed by atoms with Gasteiger partial charge in [-0.25, -0.2) is 4.98 Å². The average molecular weight is 577 g/mol. The maximum absolute atomic E-state index is 5.14. The summed E-state index contributed by atoms with van der Waals surface area (Å²) in [6.45, 7) is 2.05. The first kappa shape index (κ1) is 24.0. The van der Waals surface area contributed by atoms with E-state index in [2.05, 4.69) is 114 Å². The van der Waals surface area contributed by atoms with Gasteiger partial charge in [0.2, 0.25) is 0 Å². The van der Waals surface area contributed by atoms with Crippen LogP contribution in [0.15, 0.2) is 103 Å². The molecule has 0 N–H and O–H groups in total. The van der Waals surface area contributed by atoms with E-state index in [0.29, 0.717) is 0 Å². The Morgan fingerprint density at radius 2 is 1.57 bits per heavy atom. The third kappa shape index (κ3) is 3.55. The summed E-state index contributed by atoms with van der Waals surface area (Å²) >= 11 is 3.36. The largest absolute Gasteiger partial charge is 0.308 e. The average Bonchev–Trinajstić information content (AvgIpc) is 3.75. The summed E-state index contributed by atoms with van der Waals surface area (Å²) in [5.74, 6) is 0.999. The summed E-state index contributed by atoms with van der Waals surface area (Å²) in [4.78, 5) is 9.93. The van der Waals surface area contributed by atoms with Crippen LogP contribution in [0.1, 0.15) is 28.7 Å². The van der Waals surface area contributed by atoms with Crippen molar-refractivity contribution in [3.63, 3.8) is 0 Å². The van der Waals surface area contributed by atoms with Crippen LogP contribution in [-0.2, 0) is 6.42 Å². The van der Waals surface area contributed by atoms with Gasteiger partial charge in [0.05, 0.1) is 21.4 Å². The molecule has 4 aromatic carbocycles. The Balaban J connectivity index is 1.23. The van der Waals surface area contributed by atoms with E-state index in [-0.39, 0.29) is 5.92 Å². The first-order valence-corrected chi connectivity index (χ1v) is 15.7. The summed E-state index contributed by atoms with van der Waals surface area (Å²) in [5.41, 5.74) is 8.08. The van der Waals surface area contributed by atoms with Crippen LogP contribution in [0.5, 0.6) is 0 Å². The van der Waals surface area contributed by atoms with Crippen molar-refractivity contribution in [3.05, 3.63) is 126 Å². The maximum Gasteiger partial charge on any atom is 0.150 e. The van der Waals surface area contributed by atoms with E-state index in [4.69, 9.17) is 14.3 Å². The topological polar surface area (TPSA) is 43.6 Å². The Labute approximate surface area is 250 Å². The minimum atomic E-state index is 0.128. The van der Waals surface area contributed by atoms with E-state index in [1.807, 2.05) is 18.3 Å². The van der Waals surface area contributed by atoms with Gasteiger partial charge in [0, 0.05) is 55.5 Å². The highest BCUT2D eigenvalue weighted by Gasteiger charge is 2.23. The van der Waals surface area contributed by atoms with Crippen molar-refractivity contribution >= 4 is 70.9 Å². The van der Waals surface area contributed by atoms with Crippen LogP contribution < -0.4 is 0 Å². The van der Waals surface area contributed by atoms with Gasteiger partial charge in [0.1, 0.15) is 10.8 Å². The predicted molar refractivity (Wildman–Crippen MR) is 177 cm³/mol. The van der Waals surface area contributed by atoms with Crippen molar-refractivity contribution in [3.8, 4) is 16.3 Å². The molecule has 1 atom stereocenters. The van der Waals surface area contributed by atoms with E-state index < -0.39 is 0 Å². The van der Waals surface area contributed by atoms with Gasteiger partial charge in [-0.05, 0) is 54.4 Å². The summed E-state index contributed by atoms with van der Waals surface area (Å²) in [6, 6.07) is 34.9. The second kappa shape index (κ2) is 9.18. The molecule has 1 unspecified atom stereocenters. The zero-order valence-electron chi connectivity index (χ0n) is 22.8. The standard InChI is InChI=1S/C36H24N4S2/c1-21-16-17-22-18-19-23(20-28(22)37-21)35-38-36(42-39-35)27-11-7-13-30-33(27)26-9-2-4-12-29(26)40(30)31-14-6-10-25-24-8-3-5-15-32(24)41-34(25)31/h2-19,23H,20H2,1H3. The number of nitrogens with zero attached hydrogens (tertiary/aromatic N) is 4. The molecule has 0 radical (unpaired) electrons. The van der Waals surface area contributed by atoms with Gasteiger partial charge in [-0.3, -0.25) is 4.98 Å². The van der Waals surface area contributed by atoms with Crippen LogP contribution in [-0.4, -0.2) is 18.9 Å². The van der Waals surface area contributed by atoms with Gasteiger partial charge in [0.15, 0.2) is 0 Å². The number of para-hydroxylation sites is 1. The SMILES string of the molecule is Cc1ccc2c(n1)CC(c1nsc(-c3cccc4c3c3ccccc3n4-c3cccc4c3sc3ccccc34)n1)C=C2. The molecule has 200 valence electrons. The minimum Gasteiger partial charge on any atom is -0.308 e. The van der Waals surface area contributed by atoms with E-state index >= 15 is 0 Å². The van der Waals surface area contributed by atoms with Gasteiger partial charge in [0.25, 0.3) is 0 Å². The molecule has 0 bridgehead atoms. The molecule has 0 aliphatic heterocycles. The van der Waals surface area contributed by atoms with Gasteiger partial charge >= 0.3 is 0 Å². The van der Waals surface area contributed by atoms with Crippen LogP contribution in [0, 0.1) is 6.92 Å². The molecule has 1 aliphatic rings. The van der Waals surface area contributed by atoms with Crippen LogP contribution in [0.25, 0.3) is 64.3 Å². The Bertz CT molecular complexity index is 2370. The molecule has 0 amide bonds. The van der Waals surface area contributed by atoms with Crippen LogP contribution in [0.4, 0.5) is 0 Å². The lowest BCUT2D eigenvalue weighted by molar-refractivity contribution is 0.752. The molecule has 8 aromatic rings. The maximum atomic E-state index is 5.14. The summed E-state index contributed by atoms with van der Waals surface area (Å²) in [5, 5.41) is 6.01. The van der Waals surface area contributed by atoms with Gasteiger partial charge < -0.3 is 4.57 Å². The summed E-state index contributed by atoms with van der Waals surface area (Å²) in [6.07, 6.45) is 5.22. The lowest BCUT2D eigenvalue weighted by Crippen LogP contribution is -2.09. The second-order valence-corrected chi connectivity index (χ2v) is 12.7. The number of aryl methyl sites for hydroxylation is 1. The minimum absolute atomic E-state index is 0.128. The molecule has 0 saturated carbocycles. The summed E-state index contributed by atoms with van der Waals surface area (Å²) < 4.78 is 9.92. The van der Waals surface area contributed by atoms with Crippen LogP contribution >= 0.6 is 22.9 Å². The van der Waals surface area contributed by atoms with Crippen molar-refractivity contribution < 1.29 is 0 Å². The summed E-state index contributed by atoms with van der Waals surface area (Å²) in [7, 11) is 0. The Morgan fingerprint density at radius 1 is 0.762 bits per heavy atom. The monoisotopic (exact) mass is 576 g/mol. The molecule has 0 fully saturated rings. The Hall–Kier alpha value is -4.65. The fourth-order valence-corrected chi connectivity index (χ4v) is 8.44. The molecule has 4 aromatic heterocycles. The van der Waals surface area contributed by atoms with Crippen LogP contribution in [0.2, 0.25) is 0 Å². The van der Waals surface area contributed by atoms with E-state index in [1.165, 1.54) is 64.8 Å². The molecule has 42 heavy (non-hydrogen) atoms. The van der Waals surface area contributed by atoms with E-state index in [1.54, 1.807) is 0 Å². The number of hydrogen-bond acceptors (Lipinski definition) is 5. The number of aromatic nitrogens is 4. The number of benzene rings is 4. The highest BCUT2D eigenvalue weighted by Crippen LogP contribution is 2.43. The lowest BCUT2D eigenvalue weighted by atomic mass is 9.92. The zero-order valence-corrected chi connectivity index (χ0v) is 24.4. The first-order valence-electron chi connectivity index (χ1n) is 14.1. The predicted octanol–water partition coefficient (Wildman–Crippen LogP) is 9.73. The Morgan fingerprint density at radius 3 is 2.52 bits per heavy atom. The molecular formula is C36H24N4S2. The molecule has 4 nitrogen and oxygen atoms in total. The highest BCUT2D eigenvalue weighted by atomic mass is 32.1. The van der Waals surface area contributed by atoms with Crippen molar-refractivity contribution in [2.75, 3.05) is 0 Å². The molecule has 4 heterocycles. The Kier molecular flexibility index (Phi) is 5.24. The molecule has 9 rings (SSSR count). The van der Waals surface area contributed by atoms with Crippen molar-refractivity contribution in [1.29, 1.82) is 0 Å². The second-order valence-electron chi connectivity index (χ2n) is 10.9. The number of rotatable bonds is 3. The lowest BCUT2D eigenvalue weighted by Gasteiger charge is -2.16. The molecule has 0 saturated heterocycles. The molecular weight excluding hydrogens is 553 g/mol. The fourth-order valence-electron chi connectivity index (χ4n) is 6.47. The number of thiophene rings is 1. The molecule has 1 aliphatic carbocycles. The number of allylic oxidation sites excluding steroid dienone is 1. The van der Waals surface area contributed by atoms with Gasteiger partial charge in [-0.15, -0.1) is 11.3 Å². The third-order valence-electron chi connectivity index (χ3n) is 8.40. The number of hydrogen-bond donors (Lipinski definition) is 0. The smallest absolute Gasteiger partial charge is 0.150 e. The van der Waals surface area contributed by atoms with Crippen molar-refractivity contribution in [2.45, 2.75) is 19.3 Å². The zero-order chi connectivity index (χ0) is 27.8. The first-order chi connectivity index (χ1) is 20.7. The fraction of sp³-hybridized carbons (Fsp3) is 0.0833. The highest BCUT2D eigenvalue weighted by molar-refractivity contribution is 7.26. The quantitative estimate of drug-likeness (QED) is 0.210. The normalized spacial score (nSPS) is 14.8. The van der Waals surface area contributed by atoms with E-state index in [0.717, 1.165) is 34.2 Å². The van der Waals surface area contributed by atoms with Crippen molar-refractivity contribution in [1.82, 2.24) is 18.9 Å². The molecule has 0 spiro atoms. The van der Waals surface area contributed by atoms with Gasteiger partial charge in [-0.1, -0.05) is 78.9 Å². The number of fused-ring (bicyclic) bond motifs is 7. The van der Waals surface area contributed by atoms with Crippen LogP contribution in [0.3, 0.4) is 0 Å². The van der Waals surface area contributed by atoms with Crippen molar-refractivity contribution in [2.24, 2.45) is 0 Å². The van der Waals surface area contributed by atoms with E-state index in [9.17, 15) is 0 Å². The molecule has 6 heteroatoms. The van der Waals surface area contributed by atoms with Gasteiger partial charge in [-0.2, -0.15) is 4.37 Å². The number of pyridine rings is 1. The third-order valence-corrected chi connectivity index (χ3v) is 10.4.